The summed E-state index contributed by atoms with van der Waals surface area (Å²) >= 11 is 0. The average Bonchev–Trinajstić information content (AvgIpc) is 3.33. The van der Waals surface area contributed by atoms with Gasteiger partial charge >= 0.3 is 5.97 Å². The summed E-state index contributed by atoms with van der Waals surface area (Å²) in [4.78, 5) is 30.3. The van der Waals surface area contributed by atoms with Gasteiger partial charge in [0.1, 0.15) is 12.4 Å². The Hall–Kier alpha value is -3.68. The third-order valence-corrected chi connectivity index (χ3v) is 5.39. The smallest absolute Gasteiger partial charge is 0.305 e. The summed E-state index contributed by atoms with van der Waals surface area (Å²) in [6.07, 6.45) is 5.87. The van der Waals surface area contributed by atoms with Crippen LogP contribution in [0.5, 0.6) is 5.75 Å². The Morgan fingerprint density at radius 2 is 2.10 bits per heavy atom. The molecular weight excluding hydrogens is 396 g/mol. The van der Waals surface area contributed by atoms with Crippen LogP contribution in [0.4, 0.5) is 0 Å². The summed E-state index contributed by atoms with van der Waals surface area (Å²) in [6, 6.07) is 12.6. The number of rotatable bonds is 7. The lowest BCUT2D eigenvalue weighted by molar-refractivity contribution is -0.138. The van der Waals surface area contributed by atoms with E-state index in [0.717, 1.165) is 36.2 Å². The zero-order chi connectivity index (χ0) is 21.6. The lowest BCUT2D eigenvalue weighted by atomic mass is 9.98. The Labute approximate surface area is 179 Å². The Kier molecular flexibility index (Phi) is 6.26. The highest BCUT2D eigenvalue weighted by atomic mass is 16.5. The van der Waals surface area contributed by atoms with Gasteiger partial charge in [-0.1, -0.05) is 12.1 Å². The van der Waals surface area contributed by atoms with Gasteiger partial charge in [-0.3, -0.25) is 19.7 Å². The topological polar surface area (TPSA) is 108 Å². The van der Waals surface area contributed by atoms with Crippen molar-refractivity contribution in [1.29, 1.82) is 0 Å². The summed E-state index contributed by atoms with van der Waals surface area (Å²) in [5.74, 6) is -0.380. The number of aromatic amines is 1. The summed E-state index contributed by atoms with van der Waals surface area (Å²) in [6.45, 7) is 0.886. The second-order valence-corrected chi connectivity index (χ2v) is 7.58. The molecule has 31 heavy (non-hydrogen) atoms. The van der Waals surface area contributed by atoms with Crippen LogP contribution in [0.15, 0.2) is 54.9 Å². The second kappa shape index (κ2) is 9.42. The lowest BCUT2D eigenvalue weighted by Crippen LogP contribution is -2.44. The molecule has 8 nitrogen and oxygen atoms in total. The normalized spacial score (nSPS) is 16.1. The lowest BCUT2D eigenvalue weighted by Gasteiger charge is -2.35. The van der Waals surface area contributed by atoms with Crippen molar-refractivity contribution in [3.05, 3.63) is 66.0 Å². The summed E-state index contributed by atoms with van der Waals surface area (Å²) in [7, 11) is 0. The highest BCUT2D eigenvalue weighted by Crippen LogP contribution is 2.23. The van der Waals surface area contributed by atoms with Crippen molar-refractivity contribution in [1.82, 2.24) is 20.1 Å². The third kappa shape index (κ3) is 5.09. The zero-order valence-corrected chi connectivity index (χ0v) is 17.0. The molecule has 0 saturated carbocycles. The van der Waals surface area contributed by atoms with Gasteiger partial charge in [0.15, 0.2) is 0 Å². The van der Waals surface area contributed by atoms with Gasteiger partial charge in [-0.15, -0.1) is 0 Å². The van der Waals surface area contributed by atoms with Crippen LogP contribution in [0.25, 0.3) is 11.4 Å². The van der Waals surface area contributed by atoms with Crippen molar-refractivity contribution in [3.63, 3.8) is 0 Å². The van der Waals surface area contributed by atoms with Crippen LogP contribution < -0.4 is 4.74 Å². The van der Waals surface area contributed by atoms with Crippen molar-refractivity contribution in [2.75, 3.05) is 6.54 Å². The van der Waals surface area contributed by atoms with Gasteiger partial charge in [0.25, 0.3) is 5.91 Å². The predicted molar refractivity (Wildman–Crippen MR) is 114 cm³/mol. The van der Waals surface area contributed by atoms with E-state index in [-0.39, 0.29) is 18.4 Å². The molecule has 1 aliphatic heterocycles. The molecule has 0 radical (unpaired) electrons. The number of aliphatic carboxylic acids is 1. The molecule has 0 spiro atoms. The van der Waals surface area contributed by atoms with Crippen LogP contribution in [-0.4, -0.2) is 49.7 Å². The largest absolute Gasteiger partial charge is 0.487 e. The average molecular weight is 420 g/mol. The van der Waals surface area contributed by atoms with E-state index in [9.17, 15) is 9.59 Å². The molecule has 8 heteroatoms. The van der Waals surface area contributed by atoms with E-state index in [1.54, 1.807) is 29.4 Å². The molecule has 1 aromatic carbocycles. The van der Waals surface area contributed by atoms with Crippen molar-refractivity contribution >= 4 is 11.9 Å². The Bertz CT molecular complexity index is 1030. The predicted octanol–water partition coefficient (Wildman–Crippen LogP) is 3.52. The van der Waals surface area contributed by atoms with Gasteiger partial charge in [-0.25, -0.2) is 0 Å². The molecule has 1 aliphatic rings. The Morgan fingerprint density at radius 1 is 1.19 bits per heavy atom. The molecule has 2 N–H and O–H groups in total. The van der Waals surface area contributed by atoms with Crippen LogP contribution in [0.2, 0.25) is 0 Å². The van der Waals surface area contributed by atoms with Crippen molar-refractivity contribution in [2.24, 2.45) is 0 Å². The van der Waals surface area contributed by atoms with Crippen LogP contribution in [0.1, 0.15) is 41.6 Å². The zero-order valence-electron chi connectivity index (χ0n) is 17.0. The summed E-state index contributed by atoms with van der Waals surface area (Å²) in [5.41, 5.74) is 3.01. The number of pyridine rings is 1. The number of ether oxygens (including phenoxy) is 1. The number of benzene rings is 1. The maximum atomic E-state index is 13.0. The fourth-order valence-corrected chi connectivity index (χ4v) is 3.83. The van der Waals surface area contributed by atoms with Gasteiger partial charge in [0.2, 0.25) is 0 Å². The molecule has 3 heterocycles. The highest BCUT2D eigenvalue weighted by Gasteiger charge is 2.29. The minimum absolute atomic E-state index is 0.0178. The molecule has 1 saturated heterocycles. The number of amides is 1. The van der Waals surface area contributed by atoms with E-state index < -0.39 is 5.97 Å². The molecule has 0 aliphatic carbocycles. The standard InChI is InChI=1S/C23H24N4O4/c28-22(29)13-18-6-1-2-11-27(18)23(30)17-5-3-4-16(12-17)15-31-19-7-8-20(24-14-19)21-9-10-25-26-21/h3-5,7-10,12,14,18H,1-2,6,11,13,15H2,(H,25,26)(H,28,29). The van der Waals surface area contributed by atoms with Crippen LogP contribution in [0.3, 0.4) is 0 Å². The number of H-pyrrole nitrogens is 1. The number of aromatic nitrogens is 3. The molecule has 1 unspecified atom stereocenters. The number of hydrogen-bond acceptors (Lipinski definition) is 5. The fourth-order valence-electron chi connectivity index (χ4n) is 3.83. The minimum Gasteiger partial charge on any atom is -0.487 e. The van der Waals surface area contributed by atoms with Crippen molar-refractivity contribution in [2.45, 2.75) is 38.3 Å². The molecule has 0 bridgehead atoms. The number of nitrogens with one attached hydrogen (secondary N) is 1. The number of piperidine rings is 1. The maximum Gasteiger partial charge on any atom is 0.305 e. The first-order chi connectivity index (χ1) is 15.1. The quantitative estimate of drug-likeness (QED) is 0.605. The van der Waals surface area contributed by atoms with Gasteiger partial charge in [-0.05, 0) is 55.2 Å². The first-order valence-electron chi connectivity index (χ1n) is 10.3. The van der Waals surface area contributed by atoms with E-state index in [0.29, 0.717) is 24.5 Å². The molecule has 1 fully saturated rings. The molecule has 4 rings (SSSR count). The second-order valence-electron chi connectivity index (χ2n) is 7.58. The fraction of sp³-hybridized carbons (Fsp3) is 0.304. The maximum absolute atomic E-state index is 13.0. The number of nitrogens with zero attached hydrogens (tertiary/aromatic N) is 3. The molecular formula is C23H24N4O4. The highest BCUT2D eigenvalue weighted by molar-refractivity contribution is 5.95. The van der Waals surface area contributed by atoms with Gasteiger partial charge in [-0.2, -0.15) is 5.10 Å². The third-order valence-electron chi connectivity index (χ3n) is 5.39. The SMILES string of the molecule is O=C(O)CC1CCCCN1C(=O)c1cccc(COc2ccc(-c3ccn[nH]3)nc2)c1. The van der Waals surface area contributed by atoms with Gasteiger partial charge < -0.3 is 14.7 Å². The minimum atomic E-state index is -0.876. The van der Waals surface area contributed by atoms with Crippen LogP contribution in [-0.2, 0) is 11.4 Å². The molecule has 2 aromatic heterocycles. The Balaban J connectivity index is 1.41. The van der Waals surface area contributed by atoms with E-state index in [2.05, 4.69) is 15.2 Å². The first kappa shape index (κ1) is 20.6. The molecule has 3 aromatic rings. The van der Waals surface area contributed by atoms with E-state index in [4.69, 9.17) is 9.84 Å². The summed E-state index contributed by atoms with van der Waals surface area (Å²) < 4.78 is 5.83. The molecule has 160 valence electrons. The van der Waals surface area contributed by atoms with Crippen LogP contribution in [0, 0.1) is 0 Å². The van der Waals surface area contributed by atoms with Gasteiger partial charge in [0, 0.05) is 24.3 Å². The van der Waals surface area contributed by atoms with Gasteiger partial charge in [0.05, 0.1) is 24.0 Å². The Morgan fingerprint density at radius 3 is 2.84 bits per heavy atom. The van der Waals surface area contributed by atoms with E-state index >= 15 is 0 Å². The molecule has 1 atom stereocenters. The number of carbonyl (C=O) groups is 2. The number of hydrogen-bond donors (Lipinski definition) is 2. The van der Waals surface area contributed by atoms with E-state index in [1.807, 2.05) is 30.3 Å². The van der Waals surface area contributed by atoms with Crippen LogP contribution >= 0.6 is 0 Å². The number of carboxylic acids is 1. The van der Waals surface area contributed by atoms with Crippen molar-refractivity contribution in [3.8, 4) is 17.1 Å². The monoisotopic (exact) mass is 420 g/mol. The van der Waals surface area contributed by atoms with E-state index in [1.165, 1.54) is 0 Å². The van der Waals surface area contributed by atoms with Crippen molar-refractivity contribution < 1.29 is 19.4 Å². The first-order valence-corrected chi connectivity index (χ1v) is 10.3. The number of carbonyl (C=O) groups excluding carboxylic acids is 1. The molecule has 1 amide bonds. The number of likely N-dealkylation sites (tertiary alicyclic amines) is 1. The number of carboxylic acid groups (broad SMARTS) is 1. The summed E-state index contributed by atoms with van der Waals surface area (Å²) in [5, 5.41) is 15.9.